The van der Waals surface area contributed by atoms with Crippen LogP contribution in [0, 0.1) is 11.3 Å². The summed E-state index contributed by atoms with van der Waals surface area (Å²) < 4.78 is 5.34. The molecular weight excluding hydrogens is 338 g/mol. The van der Waals surface area contributed by atoms with Crippen molar-refractivity contribution in [2.24, 2.45) is 0 Å². The van der Waals surface area contributed by atoms with E-state index >= 15 is 0 Å². The van der Waals surface area contributed by atoms with Crippen LogP contribution in [0.4, 0.5) is 11.5 Å². The molecule has 0 amide bonds. The molecule has 4 aromatic rings. The van der Waals surface area contributed by atoms with Crippen LogP contribution in [-0.2, 0) is 0 Å². The fourth-order valence-electron chi connectivity index (χ4n) is 2.77. The van der Waals surface area contributed by atoms with Crippen molar-refractivity contribution in [1.82, 2.24) is 15.0 Å². The Morgan fingerprint density at radius 2 is 1.93 bits per heavy atom. The molecule has 0 aliphatic rings. The van der Waals surface area contributed by atoms with Crippen molar-refractivity contribution in [3.8, 4) is 23.2 Å². The highest BCUT2D eigenvalue weighted by atomic mass is 16.5. The van der Waals surface area contributed by atoms with Crippen molar-refractivity contribution in [3.05, 3.63) is 72.6 Å². The van der Waals surface area contributed by atoms with Crippen LogP contribution in [0.3, 0.4) is 0 Å². The number of aromatic nitrogens is 3. The Morgan fingerprint density at radius 3 is 2.70 bits per heavy atom. The van der Waals surface area contributed by atoms with Gasteiger partial charge in [-0.2, -0.15) is 5.26 Å². The predicted octanol–water partition coefficient (Wildman–Crippen LogP) is 4.32. The van der Waals surface area contributed by atoms with Crippen LogP contribution in [0.2, 0.25) is 0 Å². The lowest BCUT2D eigenvalue weighted by molar-refractivity contribution is 0.415. The van der Waals surface area contributed by atoms with E-state index in [1.54, 1.807) is 25.6 Å². The zero-order valence-corrected chi connectivity index (χ0v) is 14.5. The summed E-state index contributed by atoms with van der Waals surface area (Å²) in [5.74, 6) is 1.86. The first-order chi connectivity index (χ1) is 13.3. The summed E-state index contributed by atoms with van der Waals surface area (Å²) >= 11 is 0. The SMILES string of the molecule is COc1ccc2nc(-c3cccnc3)nc(Nc3ccccc3C#N)c2c1. The van der Waals surface area contributed by atoms with E-state index in [1.807, 2.05) is 48.5 Å². The number of benzene rings is 2. The largest absolute Gasteiger partial charge is 0.497 e. The Morgan fingerprint density at radius 1 is 1.04 bits per heavy atom. The van der Waals surface area contributed by atoms with Gasteiger partial charge in [0.2, 0.25) is 0 Å². The minimum absolute atomic E-state index is 0.537. The second-order valence-electron chi connectivity index (χ2n) is 5.80. The number of fused-ring (bicyclic) bond motifs is 1. The van der Waals surface area contributed by atoms with E-state index in [-0.39, 0.29) is 0 Å². The summed E-state index contributed by atoms with van der Waals surface area (Å²) in [6, 6.07) is 18.9. The van der Waals surface area contributed by atoms with Crippen molar-refractivity contribution >= 4 is 22.4 Å². The van der Waals surface area contributed by atoms with Gasteiger partial charge in [0.05, 0.1) is 23.9 Å². The Labute approximate surface area is 156 Å². The molecular formula is C21H15N5O. The fraction of sp³-hybridized carbons (Fsp3) is 0.0476. The number of methoxy groups -OCH3 is 1. The Bertz CT molecular complexity index is 1150. The molecule has 6 heteroatoms. The summed E-state index contributed by atoms with van der Waals surface area (Å²) in [5.41, 5.74) is 2.79. The zero-order chi connectivity index (χ0) is 18.6. The first kappa shape index (κ1) is 16.5. The number of nitrogens with zero attached hydrogens (tertiary/aromatic N) is 4. The molecule has 0 spiro atoms. The van der Waals surface area contributed by atoms with Crippen molar-refractivity contribution < 1.29 is 4.74 Å². The minimum Gasteiger partial charge on any atom is -0.497 e. The first-order valence-corrected chi connectivity index (χ1v) is 8.31. The highest BCUT2D eigenvalue weighted by molar-refractivity contribution is 5.93. The monoisotopic (exact) mass is 353 g/mol. The van der Waals surface area contributed by atoms with Gasteiger partial charge in [0, 0.05) is 23.3 Å². The Hall–Kier alpha value is -3.98. The summed E-state index contributed by atoms with van der Waals surface area (Å²) in [7, 11) is 1.62. The molecule has 0 atom stereocenters. The zero-order valence-electron chi connectivity index (χ0n) is 14.5. The van der Waals surface area contributed by atoms with Crippen LogP contribution in [0.15, 0.2) is 67.0 Å². The molecule has 0 saturated carbocycles. The molecule has 0 bridgehead atoms. The number of para-hydroxylation sites is 1. The number of pyridine rings is 1. The van der Waals surface area contributed by atoms with Crippen molar-refractivity contribution in [3.63, 3.8) is 0 Å². The summed E-state index contributed by atoms with van der Waals surface area (Å²) in [5, 5.41) is 13.5. The number of nitrogens with one attached hydrogen (secondary N) is 1. The second-order valence-corrected chi connectivity index (χ2v) is 5.80. The number of ether oxygens (including phenoxy) is 1. The molecule has 0 aliphatic carbocycles. The lowest BCUT2D eigenvalue weighted by Gasteiger charge is -2.13. The maximum Gasteiger partial charge on any atom is 0.163 e. The van der Waals surface area contributed by atoms with E-state index in [4.69, 9.17) is 9.72 Å². The van der Waals surface area contributed by atoms with Gasteiger partial charge in [-0.05, 0) is 42.5 Å². The fourth-order valence-corrected chi connectivity index (χ4v) is 2.77. The lowest BCUT2D eigenvalue weighted by Crippen LogP contribution is -2.01. The first-order valence-electron chi connectivity index (χ1n) is 8.31. The van der Waals surface area contributed by atoms with E-state index < -0.39 is 0 Å². The van der Waals surface area contributed by atoms with Gasteiger partial charge in [-0.1, -0.05) is 12.1 Å². The number of hydrogen-bond acceptors (Lipinski definition) is 6. The standard InChI is InChI=1S/C21H15N5O/c1-27-16-8-9-19-17(11-16)21(24-18-7-3-2-5-14(18)12-22)26-20(25-19)15-6-4-10-23-13-15/h2-11,13H,1H3,(H,24,25,26). The van der Waals surface area contributed by atoms with E-state index in [2.05, 4.69) is 21.4 Å². The maximum absolute atomic E-state index is 9.37. The van der Waals surface area contributed by atoms with Crippen LogP contribution in [0.1, 0.15) is 5.56 Å². The average molecular weight is 353 g/mol. The van der Waals surface area contributed by atoms with Crippen LogP contribution in [-0.4, -0.2) is 22.1 Å². The Balaban J connectivity index is 1.91. The Kier molecular flexibility index (Phi) is 4.33. The molecule has 0 unspecified atom stereocenters. The number of anilines is 2. The molecule has 2 aromatic heterocycles. The van der Waals surface area contributed by atoms with Crippen molar-refractivity contribution in [1.29, 1.82) is 5.26 Å². The predicted molar refractivity (Wildman–Crippen MR) is 104 cm³/mol. The van der Waals surface area contributed by atoms with Gasteiger partial charge in [-0.15, -0.1) is 0 Å². The molecule has 0 radical (unpaired) electrons. The number of nitriles is 1. The van der Waals surface area contributed by atoms with E-state index in [0.717, 1.165) is 16.5 Å². The van der Waals surface area contributed by atoms with Gasteiger partial charge in [0.25, 0.3) is 0 Å². The van der Waals surface area contributed by atoms with Crippen LogP contribution in [0.25, 0.3) is 22.3 Å². The second kappa shape index (κ2) is 7.10. The van der Waals surface area contributed by atoms with Gasteiger partial charge in [-0.3, -0.25) is 4.98 Å². The quantitative estimate of drug-likeness (QED) is 0.588. The molecule has 0 aliphatic heterocycles. The van der Waals surface area contributed by atoms with Crippen molar-refractivity contribution in [2.75, 3.05) is 12.4 Å². The third-order valence-corrected chi connectivity index (χ3v) is 4.12. The molecule has 130 valence electrons. The number of rotatable bonds is 4. The van der Waals surface area contributed by atoms with E-state index in [9.17, 15) is 5.26 Å². The normalized spacial score (nSPS) is 10.4. The highest BCUT2D eigenvalue weighted by Crippen LogP contribution is 2.30. The summed E-state index contributed by atoms with van der Waals surface area (Å²) in [4.78, 5) is 13.5. The van der Waals surface area contributed by atoms with Gasteiger partial charge in [0.15, 0.2) is 5.82 Å². The van der Waals surface area contributed by atoms with Crippen molar-refractivity contribution in [2.45, 2.75) is 0 Å². The number of hydrogen-bond donors (Lipinski definition) is 1. The van der Waals surface area contributed by atoms with E-state index in [1.165, 1.54) is 0 Å². The third kappa shape index (κ3) is 3.26. The maximum atomic E-state index is 9.37. The molecule has 2 aromatic carbocycles. The van der Waals surface area contributed by atoms with Gasteiger partial charge >= 0.3 is 0 Å². The molecule has 4 rings (SSSR count). The van der Waals surface area contributed by atoms with Gasteiger partial charge < -0.3 is 10.1 Å². The summed E-state index contributed by atoms with van der Waals surface area (Å²) in [6.07, 6.45) is 3.43. The van der Waals surface area contributed by atoms with Crippen LogP contribution < -0.4 is 10.1 Å². The minimum atomic E-state index is 0.537. The summed E-state index contributed by atoms with van der Waals surface area (Å²) in [6.45, 7) is 0. The lowest BCUT2D eigenvalue weighted by atomic mass is 10.1. The molecule has 0 fully saturated rings. The molecule has 6 nitrogen and oxygen atoms in total. The molecule has 27 heavy (non-hydrogen) atoms. The smallest absolute Gasteiger partial charge is 0.163 e. The molecule has 1 N–H and O–H groups in total. The molecule has 2 heterocycles. The van der Waals surface area contributed by atoms with Crippen LogP contribution >= 0.6 is 0 Å². The van der Waals surface area contributed by atoms with Crippen LogP contribution in [0.5, 0.6) is 5.75 Å². The average Bonchev–Trinajstić information content (AvgIpc) is 2.74. The third-order valence-electron chi connectivity index (χ3n) is 4.12. The van der Waals surface area contributed by atoms with Gasteiger partial charge in [0.1, 0.15) is 17.6 Å². The molecule has 0 saturated heterocycles. The topological polar surface area (TPSA) is 83.7 Å². The van der Waals surface area contributed by atoms with Gasteiger partial charge in [-0.25, -0.2) is 9.97 Å². The highest BCUT2D eigenvalue weighted by Gasteiger charge is 2.12. The van der Waals surface area contributed by atoms with E-state index in [0.29, 0.717) is 28.6 Å².